The number of alkyl halides is 3. The molecule has 0 spiro atoms. The Morgan fingerprint density at radius 1 is 1.30 bits per heavy atom. The number of likely N-dealkylation sites (tertiary alicyclic amines) is 1. The molecule has 0 unspecified atom stereocenters. The van der Waals surface area contributed by atoms with Crippen LogP contribution in [0, 0.1) is 0 Å². The second-order valence-corrected chi connectivity index (χ2v) is 4.94. The molecule has 20 heavy (non-hydrogen) atoms. The number of benzene rings is 1. The molecular formula is C14H16F3NO2. The smallest absolute Gasteiger partial charge is 0.394 e. The Labute approximate surface area is 115 Å². The number of carbonyl (C=O) groups is 1. The molecule has 0 radical (unpaired) electrons. The third kappa shape index (κ3) is 3.30. The molecule has 6 heteroatoms. The Balaban J connectivity index is 2.01. The van der Waals surface area contributed by atoms with Crippen LogP contribution >= 0.6 is 0 Å². The molecule has 0 saturated carbocycles. The molecule has 1 fully saturated rings. The maximum absolute atomic E-state index is 12.4. The van der Waals surface area contributed by atoms with Crippen molar-refractivity contribution in [1.29, 1.82) is 0 Å². The average Bonchev–Trinajstić information content (AvgIpc) is 2.86. The van der Waals surface area contributed by atoms with Crippen molar-refractivity contribution in [2.24, 2.45) is 0 Å². The third-order valence-corrected chi connectivity index (χ3v) is 3.54. The summed E-state index contributed by atoms with van der Waals surface area (Å²) in [6.45, 7) is 0.531. The van der Waals surface area contributed by atoms with Gasteiger partial charge in [0.1, 0.15) is 0 Å². The van der Waals surface area contributed by atoms with E-state index in [1.165, 1.54) is 12.1 Å². The Morgan fingerprint density at radius 2 is 1.95 bits per heavy atom. The van der Waals surface area contributed by atoms with Crippen molar-refractivity contribution in [1.82, 2.24) is 4.90 Å². The van der Waals surface area contributed by atoms with Gasteiger partial charge in [0.25, 0.3) is 0 Å². The molecule has 110 valence electrons. The molecule has 3 nitrogen and oxygen atoms in total. The second kappa shape index (κ2) is 5.83. The van der Waals surface area contributed by atoms with Crippen LogP contribution in [0.15, 0.2) is 24.3 Å². The van der Waals surface area contributed by atoms with E-state index in [0.717, 1.165) is 25.0 Å². The Kier molecular flexibility index (Phi) is 4.32. The first-order valence-corrected chi connectivity index (χ1v) is 6.48. The van der Waals surface area contributed by atoms with Gasteiger partial charge < -0.3 is 10.0 Å². The lowest BCUT2D eigenvalue weighted by Crippen LogP contribution is -2.38. The molecule has 0 bridgehead atoms. The number of hydrogen-bond acceptors (Lipinski definition) is 2. The molecule has 0 aliphatic carbocycles. The number of aliphatic hydroxyl groups is 1. The molecule has 1 aromatic carbocycles. The molecule has 1 amide bonds. The third-order valence-electron chi connectivity index (χ3n) is 3.54. The molecule has 1 atom stereocenters. The van der Waals surface area contributed by atoms with Crippen LogP contribution in [0.1, 0.15) is 24.0 Å². The van der Waals surface area contributed by atoms with Gasteiger partial charge in [0, 0.05) is 6.54 Å². The predicted molar refractivity (Wildman–Crippen MR) is 67.0 cm³/mol. The van der Waals surface area contributed by atoms with Crippen LogP contribution in [0.2, 0.25) is 0 Å². The second-order valence-electron chi connectivity index (χ2n) is 4.94. The van der Waals surface area contributed by atoms with Gasteiger partial charge in [-0.2, -0.15) is 13.2 Å². The first kappa shape index (κ1) is 14.8. The van der Waals surface area contributed by atoms with Gasteiger partial charge in [-0.1, -0.05) is 12.1 Å². The SMILES string of the molecule is O=C(Cc1ccc(C(F)(F)F)cc1)N1CCC[C@@H]1CO. The summed E-state index contributed by atoms with van der Waals surface area (Å²) in [5.41, 5.74) is -0.172. The van der Waals surface area contributed by atoms with Crippen molar-refractivity contribution in [2.75, 3.05) is 13.2 Å². The van der Waals surface area contributed by atoms with E-state index in [4.69, 9.17) is 5.11 Å². The molecule has 2 rings (SSSR count). The zero-order valence-electron chi connectivity index (χ0n) is 10.9. The maximum atomic E-state index is 12.4. The molecular weight excluding hydrogens is 271 g/mol. The van der Waals surface area contributed by atoms with E-state index >= 15 is 0 Å². The average molecular weight is 287 g/mol. The summed E-state index contributed by atoms with van der Waals surface area (Å²) >= 11 is 0. The minimum atomic E-state index is -4.36. The Morgan fingerprint density at radius 3 is 2.50 bits per heavy atom. The van der Waals surface area contributed by atoms with Gasteiger partial charge >= 0.3 is 6.18 Å². The monoisotopic (exact) mass is 287 g/mol. The van der Waals surface area contributed by atoms with Crippen molar-refractivity contribution in [3.63, 3.8) is 0 Å². The first-order valence-electron chi connectivity index (χ1n) is 6.48. The molecule has 1 heterocycles. The van der Waals surface area contributed by atoms with Gasteiger partial charge in [-0.3, -0.25) is 4.79 Å². The minimum absolute atomic E-state index is 0.0641. The van der Waals surface area contributed by atoms with Crippen LogP contribution < -0.4 is 0 Å². The fourth-order valence-electron chi connectivity index (χ4n) is 2.44. The van der Waals surface area contributed by atoms with Gasteiger partial charge in [0.2, 0.25) is 5.91 Å². The summed E-state index contributed by atoms with van der Waals surface area (Å²) in [5, 5.41) is 9.16. The summed E-state index contributed by atoms with van der Waals surface area (Å²) in [6.07, 6.45) is -2.67. The largest absolute Gasteiger partial charge is 0.416 e. The quantitative estimate of drug-likeness (QED) is 0.926. The molecule has 1 saturated heterocycles. The van der Waals surface area contributed by atoms with Crippen molar-refractivity contribution in [3.8, 4) is 0 Å². The van der Waals surface area contributed by atoms with E-state index in [1.807, 2.05) is 0 Å². The molecule has 1 aliphatic rings. The summed E-state index contributed by atoms with van der Waals surface area (Å²) in [4.78, 5) is 13.7. The highest BCUT2D eigenvalue weighted by Gasteiger charge is 2.30. The van der Waals surface area contributed by atoms with Gasteiger partial charge in [-0.15, -0.1) is 0 Å². The van der Waals surface area contributed by atoms with Gasteiger partial charge in [-0.25, -0.2) is 0 Å². The molecule has 1 N–H and O–H groups in total. The first-order chi connectivity index (χ1) is 9.41. The Hall–Kier alpha value is -1.56. The lowest BCUT2D eigenvalue weighted by Gasteiger charge is -2.23. The summed E-state index contributed by atoms with van der Waals surface area (Å²) in [5.74, 6) is -0.152. The lowest BCUT2D eigenvalue weighted by atomic mass is 10.1. The van der Waals surface area contributed by atoms with Crippen LogP contribution in [0.25, 0.3) is 0 Å². The number of rotatable bonds is 3. The van der Waals surface area contributed by atoms with Crippen molar-refractivity contribution in [2.45, 2.75) is 31.5 Å². The zero-order valence-corrected chi connectivity index (χ0v) is 10.9. The van der Waals surface area contributed by atoms with E-state index in [-0.39, 0.29) is 25.0 Å². The minimum Gasteiger partial charge on any atom is -0.394 e. The van der Waals surface area contributed by atoms with Crippen molar-refractivity contribution < 1.29 is 23.1 Å². The summed E-state index contributed by atoms with van der Waals surface area (Å²) in [7, 11) is 0. The van der Waals surface area contributed by atoms with E-state index in [1.54, 1.807) is 4.90 Å². The number of amides is 1. The highest BCUT2D eigenvalue weighted by Crippen LogP contribution is 2.29. The van der Waals surface area contributed by atoms with Gasteiger partial charge in [0.05, 0.1) is 24.6 Å². The Bertz CT molecular complexity index is 470. The van der Waals surface area contributed by atoms with Crippen molar-refractivity contribution in [3.05, 3.63) is 35.4 Å². The van der Waals surface area contributed by atoms with Crippen LogP contribution in [-0.4, -0.2) is 35.1 Å². The zero-order chi connectivity index (χ0) is 14.8. The maximum Gasteiger partial charge on any atom is 0.416 e. The summed E-state index contributed by atoms with van der Waals surface area (Å²) < 4.78 is 37.3. The van der Waals surface area contributed by atoms with Crippen LogP contribution in [0.5, 0.6) is 0 Å². The van der Waals surface area contributed by atoms with Gasteiger partial charge in [-0.05, 0) is 30.5 Å². The molecule has 1 aromatic rings. The lowest BCUT2D eigenvalue weighted by molar-refractivity contribution is -0.137. The number of halogens is 3. The normalized spacial score (nSPS) is 19.4. The van der Waals surface area contributed by atoms with Gasteiger partial charge in [0.15, 0.2) is 0 Å². The van der Waals surface area contributed by atoms with E-state index in [9.17, 15) is 18.0 Å². The number of carbonyl (C=O) groups excluding carboxylic acids is 1. The van der Waals surface area contributed by atoms with E-state index in [2.05, 4.69) is 0 Å². The number of aliphatic hydroxyl groups excluding tert-OH is 1. The van der Waals surface area contributed by atoms with E-state index < -0.39 is 11.7 Å². The standard InChI is InChI=1S/C14H16F3NO2/c15-14(16,17)11-5-3-10(4-6-11)8-13(20)18-7-1-2-12(18)9-19/h3-6,12,19H,1-2,7-9H2/t12-/m1/s1. The number of nitrogens with zero attached hydrogens (tertiary/aromatic N) is 1. The topological polar surface area (TPSA) is 40.5 Å². The van der Waals surface area contributed by atoms with Crippen LogP contribution in [0.4, 0.5) is 13.2 Å². The molecule has 0 aromatic heterocycles. The fourth-order valence-corrected chi connectivity index (χ4v) is 2.44. The highest BCUT2D eigenvalue weighted by molar-refractivity contribution is 5.79. The van der Waals surface area contributed by atoms with E-state index in [0.29, 0.717) is 12.1 Å². The molecule has 1 aliphatic heterocycles. The highest BCUT2D eigenvalue weighted by atomic mass is 19.4. The fraction of sp³-hybridized carbons (Fsp3) is 0.500. The predicted octanol–water partition coefficient (Wildman–Crippen LogP) is 2.23. The summed E-state index contributed by atoms with van der Waals surface area (Å²) in [6, 6.07) is 4.46. The van der Waals surface area contributed by atoms with Crippen LogP contribution in [0.3, 0.4) is 0 Å². The van der Waals surface area contributed by atoms with Crippen LogP contribution in [-0.2, 0) is 17.4 Å². The van der Waals surface area contributed by atoms with Crippen molar-refractivity contribution >= 4 is 5.91 Å². The number of hydrogen-bond donors (Lipinski definition) is 1.